The number of nitrogens with one attached hydrogen (secondary N) is 1. The highest BCUT2D eigenvalue weighted by Gasteiger charge is 2.56. The van der Waals surface area contributed by atoms with Gasteiger partial charge in [-0.05, 0) is 18.6 Å². The lowest BCUT2D eigenvalue weighted by molar-refractivity contribution is -0.386. The number of carbonyl (C=O) groups excluding carboxylic acids is 1. The molecule has 25 atom stereocenters. The van der Waals surface area contributed by atoms with E-state index in [2.05, 4.69) is 17.9 Å². The lowest BCUT2D eigenvalue weighted by atomic mass is 9.94. The summed E-state index contributed by atoms with van der Waals surface area (Å²) in [5.41, 5.74) is 6.29. The van der Waals surface area contributed by atoms with E-state index in [1.165, 1.54) is 0 Å². The van der Waals surface area contributed by atoms with Gasteiger partial charge < -0.3 is 135 Å². The third kappa shape index (κ3) is 12.8. The van der Waals surface area contributed by atoms with Gasteiger partial charge in [0.25, 0.3) is 0 Å². The van der Waals surface area contributed by atoms with E-state index in [-0.39, 0.29) is 19.1 Å². The van der Waals surface area contributed by atoms with Crippen molar-refractivity contribution in [1.82, 2.24) is 5.32 Å². The summed E-state index contributed by atoms with van der Waals surface area (Å²) in [6, 6.07) is -1.68. The highest BCUT2D eigenvalue weighted by atomic mass is 32.1. The molecule has 66 heavy (non-hydrogen) atoms. The van der Waals surface area contributed by atoms with Gasteiger partial charge in [-0.3, -0.25) is 4.79 Å². The number of rotatable bonds is 21. The average molecular weight is 987 g/mol. The van der Waals surface area contributed by atoms with E-state index >= 15 is 0 Å². The molecule has 0 aliphatic carbocycles. The van der Waals surface area contributed by atoms with Gasteiger partial charge in [-0.2, -0.15) is 12.6 Å². The summed E-state index contributed by atoms with van der Waals surface area (Å²) < 4.78 is 56.4. The Balaban J connectivity index is 1.22. The third-order valence-electron chi connectivity index (χ3n) is 11.9. The molecule has 5 fully saturated rings. The summed E-state index contributed by atoms with van der Waals surface area (Å²) in [6.07, 6.45) is -41.4. The summed E-state index contributed by atoms with van der Waals surface area (Å²) in [5, 5.41) is 162. The van der Waals surface area contributed by atoms with Crippen molar-refractivity contribution >= 4 is 18.5 Å². The molecule has 5 aliphatic heterocycles. The molecule has 18 unspecified atom stereocenters. The maximum Gasteiger partial charge on any atom is 0.220 e. The Morgan fingerprint density at radius 2 is 0.879 bits per heavy atom. The van der Waals surface area contributed by atoms with Crippen LogP contribution in [0.5, 0.6) is 0 Å². The fourth-order valence-corrected chi connectivity index (χ4v) is 8.17. The molecule has 0 spiro atoms. The summed E-state index contributed by atoms with van der Waals surface area (Å²) in [7, 11) is 0. The number of hydrogen-bond donors (Lipinski definition) is 18. The minimum atomic E-state index is -2.05. The molecule has 0 aromatic rings. The van der Waals surface area contributed by atoms with Gasteiger partial charge in [-0.15, -0.1) is 0 Å². The zero-order valence-corrected chi connectivity index (χ0v) is 36.3. The van der Waals surface area contributed by atoms with Crippen LogP contribution in [0.4, 0.5) is 0 Å². The predicted molar refractivity (Wildman–Crippen MR) is 213 cm³/mol. The maximum absolute atomic E-state index is 11.8. The molecule has 0 aromatic heterocycles. The van der Waals surface area contributed by atoms with Gasteiger partial charge in [-0.1, -0.05) is 0 Å². The second-order valence-corrected chi connectivity index (χ2v) is 16.9. The summed E-state index contributed by atoms with van der Waals surface area (Å²) in [5.74, 6) is 0.368. The van der Waals surface area contributed by atoms with Crippen molar-refractivity contribution < 1.29 is 129 Å². The highest BCUT2D eigenvalue weighted by Crippen LogP contribution is 2.35. The normalized spacial score (nSPS) is 46.8. The minimum absolute atomic E-state index is 0.0385. The number of thiol groups is 1. The second kappa shape index (κ2) is 25.8. The van der Waals surface area contributed by atoms with Crippen LogP contribution in [0.2, 0.25) is 0 Å². The van der Waals surface area contributed by atoms with Crippen molar-refractivity contribution in [2.75, 3.05) is 51.9 Å². The van der Waals surface area contributed by atoms with Crippen molar-refractivity contribution in [2.24, 2.45) is 5.73 Å². The van der Waals surface area contributed by atoms with Crippen molar-refractivity contribution in [3.05, 3.63) is 0 Å². The van der Waals surface area contributed by atoms with Gasteiger partial charge in [0.05, 0.1) is 45.7 Å². The average Bonchev–Trinajstić information content (AvgIpc) is 3.31. The van der Waals surface area contributed by atoms with E-state index in [0.29, 0.717) is 25.0 Å². The topological polar surface area (TPSA) is 451 Å². The van der Waals surface area contributed by atoms with E-state index in [1.54, 1.807) is 0 Å². The largest absolute Gasteiger partial charge is 0.394 e. The number of aliphatic hydroxyl groups excluding tert-OH is 15. The molecule has 29 heteroatoms. The van der Waals surface area contributed by atoms with Gasteiger partial charge in [0.15, 0.2) is 31.5 Å². The van der Waals surface area contributed by atoms with E-state index in [4.69, 9.17) is 53.1 Å². The molecule has 0 bridgehead atoms. The van der Waals surface area contributed by atoms with Gasteiger partial charge in [0.1, 0.15) is 116 Å². The molecule has 0 radical (unpaired) electrons. The molecule has 1 amide bonds. The Morgan fingerprint density at radius 3 is 1.38 bits per heavy atom. The van der Waals surface area contributed by atoms with Crippen LogP contribution >= 0.6 is 12.6 Å². The monoisotopic (exact) mass is 986 g/mol. The number of carbonyl (C=O) groups is 1. The molecule has 18 N–H and O–H groups in total. The second-order valence-electron chi connectivity index (χ2n) is 16.4. The molecular formula is C37H66N2O26S. The maximum atomic E-state index is 11.8. The van der Waals surface area contributed by atoms with Gasteiger partial charge in [0, 0.05) is 13.0 Å². The Hall–Kier alpha value is -1.22. The van der Waals surface area contributed by atoms with Crippen LogP contribution in [0.3, 0.4) is 0 Å². The van der Waals surface area contributed by atoms with Crippen LogP contribution in [0, 0.1) is 0 Å². The quantitative estimate of drug-likeness (QED) is 0.0375. The fraction of sp³-hybridized carbons (Fsp3) is 0.973. The Labute approximate surface area is 382 Å². The Morgan fingerprint density at radius 1 is 0.470 bits per heavy atom. The van der Waals surface area contributed by atoms with Crippen molar-refractivity contribution in [3.63, 3.8) is 0 Å². The molecule has 0 saturated carbocycles. The number of hydrogen-bond acceptors (Lipinski definition) is 28. The Kier molecular flexibility index (Phi) is 21.7. The summed E-state index contributed by atoms with van der Waals surface area (Å²) in [4.78, 5) is 11.8. The van der Waals surface area contributed by atoms with Gasteiger partial charge in [0.2, 0.25) is 5.91 Å². The molecule has 5 saturated heterocycles. The van der Waals surface area contributed by atoms with E-state index in [1.807, 2.05) is 0 Å². The third-order valence-corrected chi connectivity index (χ3v) is 12.2. The van der Waals surface area contributed by atoms with E-state index in [0.717, 1.165) is 0 Å². The van der Waals surface area contributed by atoms with Crippen LogP contribution in [0.1, 0.15) is 19.3 Å². The lowest BCUT2D eigenvalue weighted by Crippen LogP contribution is -2.69. The van der Waals surface area contributed by atoms with Crippen LogP contribution in [-0.2, 0) is 52.2 Å². The van der Waals surface area contributed by atoms with Crippen LogP contribution in [0.15, 0.2) is 0 Å². The number of amides is 1. The van der Waals surface area contributed by atoms with Crippen molar-refractivity contribution in [2.45, 2.75) is 173 Å². The predicted octanol–water partition coefficient (Wildman–Crippen LogP) is -10.7. The molecule has 5 rings (SSSR count). The van der Waals surface area contributed by atoms with Crippen LogP contribution < -0.4 is 11.1 Å². The molecule has 386 valence electrons. The minimum Gasteiger partial charge on any atom is -0.394 e. The molecule has 0 aromatic carbocycles. The molecule has 5 heterocycles. The Bertz CT molecular complexity index is 1450. The summed E-state index contributed by atoms with van der Waals surface area (Å²) in [6.45, 7) is -4.22. The fourth-order valence-electron chi connectivity index (χ4n) is 8.02. The van der Waals surface area contributed by atoms with E-state index in [9.17, 15) is 81.4 Å². The van der Waals surface area contributed by atoms with Crippen LogP contribution in [0.25, 0.3) is 0 Å². The zero-order valence-electron chi connectivity index (χ0n) is 35.4. The van der Waals surface area contributed by atoms with E-state index < -0.39 is 187 Å². The summed E-state index contributed by atoms with van der Waals surface area (Å²) >= 11 is 4.06. The molecule has 28 nitrogen and oxygen atoms in total. The number of nitrogens with two attached hydrogens (primary N) is 1. The lowest BCUT2D eigenvalue weighted by Gasteiger charge is -2.50. The SMILES string of the molecule is NC1C(O)[C@H](OC2OC(CO)[C@H](O)C(OC3OC(CO)[C@H](O)C(O)C3O)C2O)C(CO)O[C@H]1OC1C(O)[C@H](O[C@@H]2C(CO)OC(OCCCNC(=O)CCCS)C(O)C2O)OC(CO)[C@@H]1O. The first kappa shape index (κ1) is 55.7. The van der Waals surface area contributed by atoms with Crippen molar-refractivity contribution in [3.8, 4) is 0 Å². The van der Waals surface area contributed by atoms with Crippen molar-refractivity contribution in [1.29, 1.82) is 0 Å². The smallest absolute Gasteiger partial charge is 0.220 e. The first-order valence-corrected chi connectivity index (χ1v) is 22.1. The highest BCUT2D eigenvalue weighted by molar-refractivity contribution is 7.80. The molecule has 5 aliphatic rings. The first-order chi connectivity index (χ1) is 31.5. The van der Waals surface area contributed by atoms with Gasteiger partial charge in [-0.25, -0.2) is 0 Å². The number of aliphatic hydroxyl groups is 15. The van der Waals surface area contributed by atoms with Gasteiger partial charge >= 0.3 is 0 Å². The van der Waals surface area contributed by atoms with Crippen LogP contribution in [-0.4, -0.2) is 288 Å². The first-order valence-electron chi connectivity index (χ1n) is 21.4. The molecular weight excluding hydrogens is 920 g/mol. The standard InChI is InChI=1S/C37H66N2O26S/c38-18-22(49)29(62-36-28(55)32(21(48)14(9-42)58-36)65-35-25(52)23(50)19(46)12(7-40)57-35)15(10-43)60-33(18)64-31-20(47)13(8-41)59-37(27(31)54)63-30-16(11-44)61-34(26(53)24(30)51)56-5-2-4-39-17(45)3-1-6-66/h12-16,18-37,40-44,46-55,66H,1-11,38H2,(H,39,45)/t12?,13?,14?,15?,16?,18?,19-,20-,21-,22?,23?,24?,25?,26?,27?,28?,29+,30+,31?,32?,33-,34?,35?,36?,37-/m0/s1. The number of ether oxygens (including phenoxy) is 10. The zero-order chi connectivity index (χ0) is 48.6.